The number of aryl methyl sites for hydroxylation is 2. The smallest absolute Gasteiger partial charge is 0.268 e. The number of sulfonamides is 1. The van der Waals surface area contributed by atoms with E-state index in [9.17, 15) is 13.2 Å². The van der Waals surface area contributed by atoms with Crippen molar-refractivity contribution in [2.75, 3.05) is 24.6 Å². The highest BCUT2D eigenvalue weighted by atomic mass is 32.2. The first-order valence-corrected chi connectivity index (χ1v) is 12.9. The Morgan fingerprint density at radius 3 is 2.59 bits per heavy atom. The Kier molecular flexibility index (Phi) is 6.69. The highest BCUT2D eigenvalue weighted by molar-refractivity contribution is 7.93. The van der Waals surface area contributed by atoms with E-state index >= 15 is 0 Å². The Morgan fingerprint density at radius 1 is 1.12 bits per heavy atom. The lowest BCUT2D eigenvalue weighted by atomic mass is 10.1. The summed E-state index contributed by atoms with van der Waals surface area (Å²) in [7, 11) is -2.12. The van der Waals surface area contributed by atoms with Gasteiger partial charge in [-0.05, 0) is 58.2 Å². The molecule has 0 N–H and O–H groups in total. The molecule has 3 aromatic rings. The summed E-state index contributed by atoms with van der Waals surface area (Å²) >= 11 is 0. The van der Waals surface area contributed by atoms with Crippen molar-refractivity contribution >= 4 is 21.5 Å². The normalized spacial score (nSPS) is 13.5. The van der Waals surface area contributed by atoms with Gasteiger partial charge in [0.25, 0.3) is 10.0 Å². The van der Waals surface area contributed by atoms with Gasteiger partial charge in [0.05, 0.1) is 17.1 Å². The lowest BCUT2D eigenvalue weighted by Crippen LogP contribution is -2.30. The zero-order valence-electron chi connectivity index (χ0n) is 20.5. The van der Waals surface area contributed by atoms with Crippen molar-refractivity contribution in [2.24, 2.45) is 0 Å². The lowest BCUT2D eigenvalue weighted by molar-refractivity contribution is 0.0966. The zero-order chi connectivity index (χ0) is 24.6. The van der Waals surface area contributed by atoms with Crippen molar-refractivity contribution in [3.8, 4) is 0 Å². The minimum Gasteiger partial charge on any atom is -0.385 e. The molecular weight excluding hydrogens is 452 g/mol. The lowest BCUT2D eigenvalue weighted by Gasteiger charge is -2.19. The van der Waals surface area contributed by atoms with Crippen LogP contribution in [0, 0.1) is 27.7 Å². The van der Waals surface area contributed by atoms with Crippen molar-refractivity contribution in [2.45, 2.75) is 58.5 Å². The standard InChI is InChI=1S/C25H32N4O4S/c1-17-15-22(19(3)27(17)12-8-14-33-5)24(30)16-28-20(4)25(18(2)26-28)34(31,32)29-13-11-21-9-6-7-10-23(21)29/h6-7,9-10,15H,8,11-14,16H2,1-5H3. The van der Waals surface area contributed by atoms with Crippen LogP contribution in [0.15, 0.2) is 35.2 Å². The molecule has 0 unspecified atom stereocenters. The number of fused-ring (bicyclic) bond motifs is 1. The maximum Gasteiger partial charge on any atom is 0.268 e. The first-order valence-electron chi connectivity index (χ1n) is 11.5. The van der Waals surface area contributed by atoms with Crippen LogP contribution >= 0.6 is 0 Å². The van der Waals surface area contributed by atoms with E-state index < -0.39 is 10.0 Å². The largest absolute Gasteiger partial charge is 0.385 e. The van der Waals surface area contributed by atoms with Gasteiger partial charge in [-0.25, -0.2) is 8.42 Å². The Hall–Kier alpha value is -2.91. The van der Waals surface area contributed by atoms with Crippen molar-refractivity contribution in [1.82, 2.24) is 14.3 Å². The summed E-state index contributed by atoms with van der Waals surface area (Å²) in [5, 5.41) is 4.46. The van der Waals surface area contributed by atoms with Crippen LogP contribution in [-0.4, -0.2) is 48.8 Å². The molecular formula is C25H32N4O4S. The molecule has 0 fully saturated rings. The van der Waals surface area contributed by atoms with E-state index in [1.165, 1.54) is 8.99 Å². The SMILES string of the molecule is COCCCn1c(C)cc(C(=O)Cn2nc(C)c(S(=O)(=O)N3CCc4ccccc43)c2C)c1C. The molecule has 0 radical (unpaired) electrons. The summed E-state index contributed by atoms with van der Waals surface area (Å²) < 4.78 is 37.5. The Labute approximate surface area is 201 Å². The predicted octanol–water partition coefficient (Wildman–Crippen LogP) is 3.59. The van der Waals surface area contributed by atoms with Gasteiger partial charge in [-0.2, -0.15) is 5.10 Å². The highest BCUT2D eigenvalue weighted by Crippen LogP contribution is 2.34. The molecule has 0 spiro atoms. The molecule has 3 heterocycles. The molecule has 0 saturated carbocycles. The summed E-state index contributed by atoms with van der Waals surface area (Å²) in [6.07, 6.45) is 1.54. The molecule has 1 aliphatic heterocycles. The average Bonchev–Trinajstić information content (AvgIpc) is 3.43. The minimum absolute atomic E-state index is 0.0128. The van der Waals surface area contributed by atoms with Gasteiger partial charge in [0.15, 0.2) is 5.78 Å². The van der Waals surface area contributed by atoms with Crippen LogP contribution in [0.5, 0.6) is 0 Å². The van der Waals surface area contributed by atoms with Gasteiger partial charge in [0.1, 0.15) is 11.4 Å². The third-order valence-electron chi connectivity index (χ3n) is 6.61. The number of aromatic nitrogens is 3. The van der Waals surface area contributed by atoms with Crippen molar-refractivity contribution in [3.63, 3.8) is 0 Å². The molecule has 0 saturated heterocycles. The number of benzene rings is 1. The maximum absolute atomic E-state index is 13.6. The third kappa shape index (κ3) is 4.18. The van der Waals surface area contributed by atoms with E-state index in [1.54, 1.807) is 21.0 Å². The fourth-order valence-electron chi connectivity index (χ4n) is 4.89. The average molecular weight is 485 g/mol. The monoisotopic (exact) mass is 484 g/mol. The zero-order valence-corrected chi connectivity index (χ0v) is 21.3. The molecule has 4 rings (SSSR count). The molecule has 0 atom stereocenters. The summed E-state index contributed by atoms with van der Waals surface area (Å²) in [6, 6.07) is 9.46. The second kappa shape index (κ2) is 9.38. The van der Waals surface area contributed by atoms with Gasteiger partial charge in [0, 0.05) is 43.8 Å². The predicted molar refractivity (Wildman–Crippen MR) is 131 cm³/mol. The van der Waals surface area contributed by atoms with E-state index in [-0.39, 0.29) is 17.2 Å². The number of ketones is 1. The number of rotatable bonds is 9. The summed E-state index contributed by atoms with van der Waals surface area (Å²) in [5.41, 5.74) is 5.17. The first kappa shape index (κ1) is 24.2. The number of methoxy groups -OCH3 is 1. The van der Waals surface area contributed by atoms with Gasteiger partial charge < -0.3 is 9.30 Å². The number of hydrogen-bond acceptors (Lipinski definition) is 5. The minimum atomic E-state index is -3.79. The van der Waals surface area contributed by atoms with Gasteiger partial charge in [0.2, 0.25) is 0 Å². The molecule has 8 nitrogen and oxygen atoms in total. The highest BCUT2D eigenvalue weighted by Gasteiger charge is 2.35. The Balaban J connectivity index is 1.60. The number of carbonyl (C=O) groups is 1. The van der Waals surface area contributed by atoms with Gasteiger partial charge in [-0.15, -0.1) is 0 Å². The van der Waals surface area contributed by atoms with Crippen molar-refractivity contribution < 1.29 is 17.9 Å². The first-order chi connectivity index (χ1) is 16.2. The molecule has 1 aliphatic rings. The Bertz CT molecular complexity index is 1340. The number of ether oxygens (including phenoxy) is 1. The van der Waals surface area contributed by atoms with Crippen LogP contribution in [0.1, 0.15) is 45.1 Å². The second-order valence-corrected chi connectivity index (χ2v) is 10.6. The molecule has 34 heavy (non-hydrogen) atoms. The van der Waals surface area contributed by atoms with Crippen LogP contribution in [0.3, 0.4) is 0 Å². The summed E-state index contributed by atoms with van der Waals surface area (Å²) in [4.78, 5) is 13.4. The molecule has 1 aromatic carbocycles. The fourth-order valence-corrected chi connectivity index (χ4v) is 6.77. The summed E-state index contributed by atoms with van der Waals surface area (Å²) in [5.74, 6) is -0.0906. The third-order valence-corrected chi connectivity index (χ3v) is 8.67. The summed E-state index contributed by atoms with van der Waals surface area (Å²) in [6.45, 7) is 9.15. The van der Waals surface area contributed by atoms with E-state index in [0.717, 1.165) is 29.9 Å². The van der Waals surface area contributed by atoms with Gasteiger partial charge >= 0.3 is 0 Å². The molecule has 0 amide bonds. The van der Waals surface area contributed by atoms with Crippen molar-refractivity contribution in [1.29, 1.82) is 0 Å². The van der Waals surface area contributed by atoms with E-state index in [4.69, 9.17) is 4.74 Å². The number of Topliss-reactive ketones (excluding diaryl/α,β-unsaturated/α-hetero) is 1. The molecule has 182 valence electrons. The van der Waals surface area contributed by atoms with Crippen molar-refractivity contribution in [3.05, 3.63) is 64.2 Å². The topological polar surface area (TPSA) is 86.4 Å². The number of para-hydroxylation sites is 1. The van der Waals surface area contributed by atoms with Crippen LogP contribution < -0.4 is 4.31 Å². The number of anilines is 1. The number of hydrogen-bond donors (Lipinski definition) is 0. The van der Waals surface area contributed by atoms with E-state index in [1.807, 2.05) is 44.2 Å². The van der Waals surface area contributed by atoms with Crippen LogP contribution in [0.4, 0.5) is 5.69 Å². The van der Waals surface area contributed by atoms with Crippen LogP contribution in [-0.2, 0) is 34.3 Å². The molecule has 0 aliphatic carbocycles. The molecule has 0 bridgehead atoms. The van der Waals surface area contributed by atoms with Gasteiger partial charge in [-0.3, -0.25) is 13.8 Å². The molecule has 2 aromatic heterocycles. The fraction of sp³-hybridized carbons (Fsp3) is 0.440. The van der Waals surface area contributed by atoms with E-state index in [2.05, 4.69) is 9.67 Å². The maximum atomic E-state index is 13.6. The quantitative estimate of drug-likeness (QED) is 0.342. The number of carbonyl (C=O) groups excluding carboxylic acids is 1. The van der Waals surface area contributed by atoms with Crippen LogP contribution in [0.2, 0.25) is 0 Å². The number of nitrogens with zero attached hydrogens (tertiary/aromatic N) is 4. The Morgan fingerprint density at radius 2 is 1.85 bits per heavy atom. The van der Waals surface area contributed by atoms with Crippen LogP contribution in [0.25, 0.3) is 0 Å². The molecule has 9 heteroatoms. The van der Waals surface area contributed by atoms with Gasteiger partial charge in [-0.1, -0.05) is 18.2 Å². The second-order valence-electron chi connectivity index (χ2n) is 8.82. The van der Waals surface area contributed by atoms with E-state index in [0.29, 0.717) is 42.2 Å².